The third-order valence-corrected chi connectivity index (χ3v) is 5.53. The fourth-order valence-electron chi connectivity index (χ4n) is 3.86. The second-order valence-electron chi connectivity index (χ2n) is 7.61. The van der Waals surface area contributed by atoms with Crippen LogP contribution >= 0.6 is 0 Å². The maximum absolute atomic E-state index is 13.1. The SMILES string of the molecule is O=C(NC1CCc2nn(Cc3ccc(F)cc3)c(=O)n2CC1)c1ccc2ncnn2c1. The smallest absolute Gasteiger partial charge is 0.346 e. The number of amides is 1. The number of rotatable bonds is 4. The van der Waals surface area contributed by atoms with Crippen molar-refractivity contribution in [3.05, 3.63) is 82.2 Å². The van der Waals surface area contributed by atoms with Gasteiger partial charge in [-0.15, -0.1) is 0 Å². The molecule has 1 aliphatic heterocycles. The monoisotopic (exact) mass is 421 g/mol. The molecule has 4 heterocycles. The molecule has 0 spiro atoms. The molecular weight excluding hydrogens is 401 g/mol. The van der Waals surface area contributed by atoms with Crippen LogP contribution < -0.4 is 11.0 Å². The minimum atomic E-state index is -0.314. The second-order valence-corrected chi connectivity index (χ2v) is 7.61. The Morgan fingerprint density at radius 2 is 2.00 bits per heavy atom. The predicted molar refractivity (Wildman–Crippen MR) is 109 cm³/mol. The van der Waals surface area contributed by atoms with E-state index in [1.54, 1.807) is 39.5 Å². The van der Waals surface area contributed by atoms with Crippen molar-refractivity contribution in [3.63, 3.8) is 0 Å². The van der Waals surface area contributed by atoms with Crippen molar-refractivity contribution in [1.82, 2.24) is 34.3 Å². The van der Waals surface area contributed by atoms with E-state index in [1.165, 1.54) is 23.1 Å². The first-order valence-electron chi connectivity index (χ1n) is 10.1. The van der Waals surface area contributed by atoms with E-state index in [2.05, 4.69) is 20.5 Å². The molecule has 1 amide bonds. The fourth-order valence-corrected chi connectivity index (χ4v) is 3.86. The lowest BCUT2D eigenvalue weighted by Gasteiger charge is -2.16. The van der Waals surface area contributed by atoms with Gasteiger partial charge in [-0.3, -0.25) is 9.36 Å². The lowest BCUT2D eigenvalue weighted by molar-refractivity contribution is 0.0932. The summed E-state index contributed by atoms with van der Waals surface area (Å²) >= 11 is 0. The Hall–Kier alpha value is -3.82. The number of hydrogen-bond acceptors (Lipinski definition) is 5. The number of pyridine rings is 1. The van der Waals surface area contributed by atoms with Gasteiger partial charge in [-0.2, -0.15) is 10.2 Å². The van der Waals surface area contributed by atoms with Gasteiger partial charge in [0, 0.05) is 25.2 Å². The summed E-state index contributed by atoms with van der Waals surface area (Å²) in [5, 5.41) is 11.6. The largest absolute Gasteiger partial charge is 0.349 e. The maximum Gasteiger partial charge on any atom is 0.346 e. The van der Waals surface area contributed by atoms with Crippen molar-refractivity contribution >= 4 is 11.6 Å². The summed E-state index contributed by atoms with van der Waals surface area (Å²) < 4.78 is 17.7. The third kappa shape index (κ3) is 3.83. The lowest BCUT2D eigenvalue weighted by Crippen LogP contribution is -2.36. The lowest BCUT2D eigenvalue weighted by atomic mass is 10.1. The van der Waals surface area contributed by atoms with E-state index in [0.717, 1.165) is 5.56 Å². The number of nitrogens with zero attached hydrogens (tertiary/aromatic N) is 6. The molecule has 1 aromatic carbocycles. The molecule has 0 saturated carbocycles. The average molecular weight is 421 g/mol. The van der Waals surface area contributed by atoms with E-state index in [4.69, 9.17) is 0 Å². The van der Waals surface area contributed by atoms with Crippen molar-refractivity contribution in [2.75, 3.05) is 0 Å². The molecule has 5 rings (SSSR count). The molecule has 9 nitrogen and oxygen atoms in total. The van der Waals surface area contributed by atoms with Gasteiger partial charge in [-0.05, 0) is 42.7 Å². The summed E-state index contributed by atoms with van der Waals surface area (Å²) in [5.74, 6) is 0.203. The number of aryl methyl sites for hydroxylation is 1. The Bertz CT molecular complexity index is 1310. The van der Waals surface area contributed by atoms with E-state index >= 15 is 0 Å². The highest BCUT2D eigenvalue weighted by molar-refractivity contribution is 5.94. The Morgan fingerprint density at radius 3 is 2.84 bits per heavy atom. The number of halogens is 1. The molecule has 0 fully saturated rings. The number of hydrogen-bond donors (Lipinski definition) is 1. The normalized spacial score (nSPS) is 16.1. The summed E-state index contributed by atoms with van der Waals surface area (Å²) in [5.41, 5.74) is 1.80. The Kier molecular flexibility index (Phi) is 4.81. The van der Waals surface area contributed by atoms with E-state index in [9.17, 15) is 14.0 Å². The number of nitrogens with one attached hydrogen (secondary N) is 1. The predicted octanol–water partition coefficient (Wildman–Crippen LogP) is 1.41. The first kappa shape index (κ1) is 19.2. The Labute approximate surface area is 176 Å². The van der Waals surface area contributed by atoms with E-state index in [-0.39, 0.29) is 23.5 Å². The first-order chi connectivity index (χ1) is 15.1. The van der Waals surface area contributed by atoms with Crippen molar-refractivity contribution < 1.29 is 9.18 Å². The summed E-state index contributed by atoms with van der Waals surface area (Å²) in [7, 11) is 0. The number of benzene rings is 1. The molecule has 0 aliphatic carbocycles. The molecular formula is C21H20FN7O2. The van der Waals surface area contributed by atoms with Crippen LogP contribution in [0.25, 0.3) is 5.65 Å². The number of fused-ring (bicyclic) bond motifs is 2. The van der Waals surface area contributed by atoms with Gasteiger partial charge in [-0.1, -0.05) is 12.1 Å². The van der Waals surface area contributed by atoms with Crippen LogP contribution in [0.5, 0.6) is 0 Å². The van der Waals surface area contributed by atoms with Crippen LogP contribution in [0.15, 0.2) is 53.7 Å². The number of carbonyl (C=O) groups excluding carboxylic acids is 1. The topological polar surface area (TPSA) is 99.1 Å². The quantitative estimate of drug-likeness (QED) is 0.537. The van der Waals surface area contributed by atoms with Gasteiger partial charge in [0.1, 0.15) is 18.0 Å². The third-order valence-electron chi connectivity index (χ3n) is 5.53. The molecule has 158 valence electrons. The van der Waals surface area contributed by atoms with E-state index < -0.39 is 0 Å². The zero-order chi connectivity index (χ0) is 21.4. The van der Waals surface area contributed by atoms with Gasteiger partial charge in [0.2, 0.25) is 0 Å². The zero-order valence-corrected chi connectivity index (χ0v) is 16.6. The highest BCUT2D eigenvalue weighted by Crippen LogP contribution is 2.14. The van der Waals surface area contributed by atoms with Crippen LogP contribution in [0.1, 0.15) is 34.6 Å². The van der Waals surface area contributed by atoms with Crippen LogP contribution in [0.2, 0.25) is 0 Å². The van der Waals surface area contributed by atoms with Crippen molar-refractivity contribution in [3.8, 4) is 0 Å². The highest BCUT2D eigenvalue weighted by atomic mass is 19.1. The Morgan fingerprint density at radius 1 is 1.16 bits per heavy atom. The molecule has 3 aromatic heterocycles. The molecule has 31 heavy (non-hydrogen) atoms. The van der Waals surface area contributed by atoms with Crippen LogP contribution in [-0.2, 0) is 19.5 Å². The van der Waals surface area contributed by atoms with Crippen LogP contribution in [-0.4, -0.2) is 40.9 Å². The van der Waals surface area contributed by atoms with Gasteiger partial charge in [0.15, 0.2) is 5.65 Å². The van der Waals surface area contributed by atoms with Crippen LogP contribution in [0, 0.1) is 5.82 Å². The standard InChI is InChI=1S/C21H20FN7O2/c22-16-4-1-14(2-5-16)11-29-21(31)27-10-9-17(6-8-19(27)26-29)25-20(30)15-3-7-18-23-13-24-28(18)12-15/h1-5,7,12-13,17H,6,8-11H2,(H,25,30). The molecule has 1 atom stereocenters. The van der Waals surface area contributed by atoms with Crippen molar-refractivity contribution in [1.29, 1.82) is 0 Å². The van der Waals surface area contributed by atoms with Crippen molar-refractivity contribution in [2.45, 2.75) is 38.4 Å². The average Bonchev–Trinajstić information content (AvgIpc) is 3.29. The summed E-state index contributed by atoms with van der Waals surface area (Å²) in [4.78, 5) is 29.5. The van der Waals surface area contributed by atoms with E-state index in [1.807, 2.05) is 0 Å². The van der Waals surface area contributed by atoms with Crippen LogP contribution in [0.3, 0.4) is 0 Å². The maximum atomic E-state index is 13.1. The molecule has 1 unspecified atom stereocenters. The number of aromatic nitrogens is 6. The van der Waals surface area contributed by atoms with Gasteiger partial charge >= 0.3 is 5.69 Å². The molecule has 1 N–H and O–H groups in total. The molecule has 4 aromatic rings. The summed E-state index contributed by atoms with van der Waals surface area (Å²) in [6.07, 6.45) is 4.98. The van der Waals surface area contributed by atoms with Gasteiger partial charge in [0.25, 0.3) is 5.91 Å². The summed E-state index contributed by atoms with van der Waals surface area (Å²) in [6.45, 7) is 0.773. The highest BCUT2D eigenvalue weighted by Gasteiger charge is 2.22. The fraction of sp³-hybridized carbons (Fsp3) is 0.286. The summed E-state index contributed by atoms with van der Waals surface area (Å²) in [6, 6.07) is 9.43. The first-order valence-corrected chi connectivity index (χ1v) is 10.1. The molecule has 10 heteroatoms. The minimum absolute atomic E-state index is 0.0643. The van der Waals surface area contributed by atoms with E-state index in [0.29, 0.717) is 49.4 Å². The minimum Gasteiger partial charge on any atom is -0.349 e. The van der Waals surface area contributed by atoms with Gasteiger partial charge in [-0.25, -0.2) is 23.4 Å². The second kappa shape index (κ2) is 7.78. The van der Waals surface area contributed by atoms with Gasteiger partial charge in [0.05, 0.1) is 12.1 Å². The van der Waals surface area contributed by atoms with Crippen LogP contribution in [0.4, 0.5) is 4.39 Å². The molecule has 0 bridgehead atoms. The van der Waals surface area contributed by atoms with Gasteiger partial charge < -0.3 is 5.32 Å². The Balaban J connectivity index is 1.26. The molecule has 0 saturated heterocycles. The van der Waals surface area contributed by atoms with Crippen molar-refractivity contribution in [2.24, 2.45) is 0 Å². The zero-order valence-electron chi connectivity index (χ0n) is 16.6. The molecule has 1 aliphatic rings. The molecule has 0 radical (unpaired) electrons. The number of carbonyl (C=O) groups is 1.